The van der Waals surface area contributed by atoms with Gasteiger partial charge in [0.05, 0.1) is 13.0 Å². The first-order valence-corrected chi connectivity index (χ1v) is 4.08. The number of carbonyl (C=O) groups excluding carboxylic acids is 2. The Morgan fingerprint density at radius 1 is 1.62 bits per heavy atom. The van der Waals surface area contributed by atoms with Crippen molar-refractivity contribution in [1.82, 2.24) is 4.98 Å². The van der Waals surface area contributed by atoms with Crippen molar-refractivity contribution < 1.29 is 14.3 Å². The van der Waals surface area contributed by atoms with Crippen LogP contribution in [-0.2, 0) is 4.74 Å². The van der Waals surface area contributed by atoms with Crippen molar-refractivity contribution in [3.05, 3.63) is 23.5 Å². The van der Waals surface area contributed by atoms with Gasteiger partial charge in [-0.15, -0.1) is 11.6 Å². The Balaban J connectivity index is 2.86. The molecule has 0 aliphatic carbocycles. The predicted octanol–water partition coefficient (Wildman–Crippen LogP) is 1.22. The lowest BCUT2D eigenvalue weighted by atomic mass is 10.2. The minimum absolute atomic E-state index is 0.0987. The number of halogens is 1. The third-order valence-electron chi connectivity index (χ3n) is 1.53. The van der Waals surface area contributed by atoms with Crippen LogP contribution >= 0.6 is 11.6 Å². The van der Waals surface area contributed by atoms with Gasteiger partial charge in [0.15, 0.2) is 5.78 Å². The van der Waals surface area contributed by atoms with Gasteiger partial charge in [-0.2, -0.15) is 0 Å². The van der Waals surface area contributed by atoms with E-state index in [-0.39, 0.29) is 17.4 Å². The van der Waals surface area contributed by atoms with Crippen molar-refractivity contribution in [2.75, 3.05) is 13.0 Å². The van der Waals surface area contributed by atoms with Crippen molar-refractivity contribution in [2.24, 2.45) is 0 Å². The standard InChI is InChI=1S/C8H8ClNO3/c1-13-8(12)6-2-5(4-10-6)7(11)3-9/h2,4,10H,3H2,1H3. The Morgan fingerprint density at radius 3 is 2.85 bits per heavy atom. The van der Waals surface area contributed by atoms with Crippen LogP contribution in [0, 0.1) is 0 Å². The van der Waals surface area contributed by atoms with Crippen LogP contribution in [0.1, 0.15) is 20.8 Å². The third-order valence-corrected chi connectivity index (χ3v) is 1.77. The van der Waals surface area contributed by atoms with E-state index < -0.39 is 5.97 Å². The molecular weight excluding hydrogens is 194 g/mol. The second-order valence-electron chi connectivity index (χ2n) is 2.35. The number of ketones is 1. The zero-order chi connectivity index (χ0) is 9.84. The number of rotatable bonds is 3. The molecule has 1 rings (SSSR count). The average Bonchev–Trinajstić information content (AvgIpc) is 2.64. The van der Waals surface area contributed by atoms with Gasteiger partial charge in [0.1, 0.15) is 5.69 Å². The van der Waals surface area contributed by atoms with Gasteiger partial charge in [0.2, 0.25) is 0 Å². The number of nitrogens with one attached hydrogen (secondary N) is 1. The van der Waals surface area contributed by atoms with Crippen LogP contribution < -0.4 is 0 Å². The SMILES string of the molecule is COC(=O)c1cc(C(=O)CCl)c[nH]1. The van der Waals surface area contributed by atoms with Crippen molar-refractivity contribution >= 4 is 23.4 Å². The maximum Gasteiger partial charge on any atom is 0.354 e. The van der Waals surface area contributed by atoms with Gasteiger partial charge in [0.25, 0.3) is 0 Å². The summed E-state index contributed by atoms with van der Waals surface area (Å²) in [7, 11) is 1.27. The molecule has 0 fully saturated rings. The number of esters is 1. The number of aromatic amines is 1. The molecule has 0 saturated heterocycles. The molecule has 0 aliphatic heterocycles. The van der Waals surface area contributed by atoms with E-state index in [1.807, 2.05) is 0 Å². The van der Waals surface area contributed by atoms with E-state index >= 15 is 0 Å². The van der Waals surface area contributed by atoms with E-state index in [2.05, 4.69) is 9.72 Å². The van der Waals surface area contributed by atoms with Crippen LogP contribution in [0.3, 0.4) is 0 Å². The number of hydrogen-bond acceptors (Lipinski definition) is 3. The van der Waals surface area contributed by atoms with Crippen LogP contribution in [0.4, 0.5) is 0 Å². The van der Waals surface area contributed by atoms with E-state index in [0.29, 0.717) is 5.56 Å². The van der Waals surface area contributed by atoms with Crippen LogP contribution in [0.15, 0.2) is 12.3 Å². The van der Waals surface area contributed by atoms with Crippen LogP contribution in [0.25, 0.3) is 0 Å². The molecule has 1 aromatic heterocycles. The fourth-order valence-corrected chi connectivity index (χ4v) is 1.01. The summed E-state index contributed by atoms with van der Waals surface area (Å²) in [4.78, 5) is 24.6. The van der Waals surface area contributed by atoms with E-state index in [0.717, 1.165) is 0 Å². The summed E-state index contributed by atoms with van der Waals surface area (Å²) in [6.45, 7) is 0. The summed E-state index contributed by atoms with van der Waals surface area (Å²) < 4.78 is 4.45. The largest absolute Gasteiger partial charge is 0.464 e. The molecule has 0 atom stereocenters. The fraction of sp³-hybridized carbons (Fsp3) is 0.250. The third kappa shape index (κ3) is 2.09. The summed E-state index contributed by atoms with van der Waals surface area (Å²) >= 11 is 5.33. The Hall–Kier alpha value is -1.29. The van der Waals surface area contributed by atoms with Gasteiger partial charge in [0, 0.05) is 11.8 Å². The number of H-pyrrole nitrogens is 1. The van der Waals surface area contributed by atoms with Crippen molar-refractivity contribution in [3.8, 4) is 0 Å². The Morgan fingerprint density at radius 2 is 2.31 bits per heavy atom. The molecule has 13 heavy (non-hydrogen) atoms. The molecular formula is C8H8ClNO3. The molecule has 0 amide bonds. The second kappa shape index (κ2) is 4.09. The molecule has 0 unspecified atom stereocenters. The lowest BCUT2D eigenvalue weighted by molar-refractivity contribution is 0.0595. The number of ether oxygens (including phenoxy) is 1. The highest BCUT2D eigenvalue weighted by Gasteiger charge is 2.11. The Labute approximate surface area is 79.8 Å². The smallest absolute Gasteiger partial charge is 0.354 e. The molecule has 0 radical (unpaired) electrons. The molecule has 4 nitrogen and oxygen atoms in total. The Kier molecular flexibility index (Phi) is 3.08. The molecule has 1 aromatic rings. The fourth-order valence-electron chi connectivity index (χ4n) is 0.860. The summed E-state index contributed by atoms with van der Waals surface area (Å²) in [5.41, 5.74) is 0.631. The molecule has 1 N–H and O–H groups in total. The van der Waals surface area contributed by atoms with Crippen LogP contribution in [0.5, 0.6) is 0 Å². The Bertz CT molecular complexity index is 301. The van der Waals surface area contributed by atoms with E-state index in [1.165, 1.54) is 19.4 Å². The normalized spacial score (nSPS) is 9.69. The van der Waals surface area contributed by atoms with Gasteiger partial charge >= 0.3 is 5.97 Å². The number of hydrogen-bond donors (Lipinski definition) is 1. The first-order valence-electron chi connectivity index (χ1n) is 3.55. The van der Waals surface area contributed by atoms with E-state index in [9.17, 15) is 9.59 Å². The molecule has 0 saturated carbocycles. The number of alkyl halides is 1. The van der Waals surface area contributed by atoms with Crippen LogP contribution in [0.2, 0.25) is 0 Å². The molecule has 0 bridgehead atoms. The molecule has 0 aromatic carbocycles. The quantitative estimate of drug-likeness (QED) is 0.455. The number of Topliss-reactive ketones (excluding diaryl/α,β-unsaturated/α-hetero) is 1. The lowest BCUT2D eigenvalue weighted by Crippen LogP contribution is -2.01. The monoisotopic (exact) mass is 201 g/mol. The number of carbonyl (C=O) groups is 2. The van der Waals surface area contributed by atoms with Crippen LogP contribution in [-0.4, -0.2) is 29.7 Å². The number of aromatic nitrogens is 1. The molecule has 0 aliphatic rings. The first-order chi connectivity index (χ1) is 6.19. The van der Waals surface area contributed by atoms with Crippen molar-refractivity contribution in [1.29, 1.82) is 0 Å². The molecule has 70 valence electrons. The van der Waals surface area contributed by atoms with Gasteiger partial charge in [-0.1, -0.05) is 0 Å². The van der Waals surface area contributed by atoms with Gasteiger partial charge in [-0.3, -0.25) is 4.79 Å². The van der Waals surface area contributed by atoms with Gasteiger partial charge in [-0.25, -0.2) is 4.79 Å². The highest BCUT2D eigenvalue weighted by Crippen LogP contribution is 2.06. The minimum atomic E-state index is -0.506. The lowest BCUT2D eigenvalue weighted by Gasteiger charge is -1.92. The summed E-state index contributed by atoms with van der Waals surface area (Å²) in [5.74, 6) is -0.833. The maximum atomic E-state index is 11.0. The maximum absolute atomic E-state index is 11.0. The zero-order valence-corrected chi connectivity index (χ0v) is 7.72. The summed E-state index contributed by atoms with van der Waals surface area (Å²) in [6, 6.07) is 1.41. The topological polar surface area (TPSA) is 59.2 Å². The number of methoxy groups -OCH3 is 1. The van der Waals surface area contributed by atoms with Gasteiger partial charge < -0.3 is 9.72 Å². The predicted molar refractivity (Wildman–Crippen MR) is 47.2 cm³/mol. The molecule has 0 spiro atoms. The summed E-state index contributed by atoms with van der Waals surface area (Å²) in [5, 5.41) is 0. The molecule has 5 heteroatoms. The van der Waals surface area contributed by atoms with Crippen molar-refractivity contribution in [3.63, 3.8) is 0 Å². The zero-order valence-electron chi connectivity index (χ0n) is 6.96. The molecule has 1 heterocycles. The van der Waals surface area contributed by atoms with E-state index in [1.54, 1.807) is 0 Å². The second-order valence-corrected chi connectivity index (χ2v) is 2.62. The van der Waals surface area contributed by atoms with E-state index in [4.69, 9.17) is 11.6 Å². The first kappa shape index (κ1) is 9.80. The average molecular weight is 202 g/mol. The highest BCUT2D eigenvalue weighted by atomic mass is 35.5. The summed E-state index contributed by atoms with van der Waals surface area (Å²) in [6.07, 6.45) is 1.43. The van der Waals surface area contributed by atoms with Crippen molar-refractivity contribution in [2.45, 2.75) is 0 Å². The minimum Gasteiger partial charge on any atom is -0.464 e. The highest BCUT2D eigenvalue weighted by molar-refractivity contribution is 6.30. The van der Waals surface area contributed by atoms with Gasteiger partial charge in [-0.05, 0) is 6.07 Å².